The molecule has 0 saturated heterocycles. The maximum atomic E-state index is 12.1. The molecule has 0 aromatic carbocycles. The summed E-state index contributed by atoms with van der Waals surface area (Å²) in [6.07, 6.45) is -3.77. The summed E-state index contributed by atoms with van der Waals surface area (Å²) in [6.45, 7) is 0. The molecule has 1 heterocycles. The maximum absolute atomic E-state index is 12.1. The van der Waals surface area contributed by atoms with E-state index in [1.54, 1.807) is 0 Å². The molecule has 0 saturated carbocycles. The van der Waals surface area contributed by atoms with E-state index in [-0.39, 0.29) is 44.2 Å². The minimum atomic E-state index is -4.41. The number of nitrogens with zero attached hydrogens (tertiary/aromatic N) is 1. The summed E-state index contributed by atoms with van der Waals surface area (Å²) < 4.78 is 36.3. The number of alkyl halides is 3. The van der Waals surface area contributed by atoms with Gasteiger partial charge in [0.2, 0.25) is 0 Å². The Labute approximate surface area is 104 Å². The smallest absolute Gasteiger partial charge is 0.480 e. The van der Waals surface area contributed by atoms with Crippen LogP contribution in [0.15, 0.2) is 12.3 Å². The molecule has 72 valence electrons. The normalized spacial score (nSPS) is 10.6. The van der Waals surface area contributed by atoms with Gasteiger partial charge in [-0.3, -0.25) is 0 Å². The van der Waals surface area contributed by atoms with Gasteiger partial charge in [0, 0.05) is 12.7 Å². The summed E-state index contributed by atoms with van der Waals surface area (Å²) in [4.78, 5) is 3.30. The van der Waals surface area contributed by atoms with Gasteiger partial charge in [0.15, 0.2) is 0 Å². The number of halogens is 3. The minimum absolute atomic E-state index is 0. The fourth-order valence-electron chi connectivity index (χ4n) is 0.810. The van der Waals surface area contributed by atoms with Gasteiger partial charge in [-0.2, -0.15) is 13.2 Å². The van der Waals surface area contributed by atoms with E-state index in [1.165, 1.54) is 7.05 Å². The van der Waals surface area contributed by atoms with Crippen LogP contribution in [0.3, 0.4) is 0 Å². The SMILES string of the molecule is CNc1cc(C(F)(F)F)cnc1[NH-].[Y+3]. The topological polar surface area (TPSA) is 48.7 Å². The number of rotatable bonds is 1. The van der Waals surface area contributed by atoms with Crippen molar-refractivity contribution in [1.29, 1.82) is 0 Å². The Balaban J connectivity index is 0.00000169. The minimum Gasteiger partial charge on any atom is -0.480 e. The Morgan fingerprint density at radius 3 is 2.43 bits per heavy atom. The van der Waals surface area contributed by atoms with Crippen LogP contribution in [0.2, 0.25) is 0 Å². The molecule has 0 aliphatic carbocycles. The van der Waals surface area contributed by atoms with Gasteiger partial charge in [0.25, 0.3) is 0 Å². The number of pyridine rings is 1. The van der Waals surface area contributed by atoms with Crippen molar-refractivity contribution in [3.8, 4) is 0 Å². The van der Waals surface area contributed by atoms with E-state index in [2.05, 4.69) is 10.3 Å². The van der Waals surface area contributed by atoms with E-state index in [4.69, 9.17) is 5.73 Å². The summed E-state index contributed by atoms with van der Waals surface area (Å²) in [6, 6.07) is 0.856. The van der Waals surface area contributed by atoms with Gasteiger partial charge < -0.3 is 16.0 Å². The molecule has 0 radical (unpaired) electrons. The van der Waals surface area contributed by atoms with Crippen LogP contribution in [0.4, 0.5) is 24.7 Å². The largest absolute Gasteiger partial charge is 3.00 e. The van der Waals surface area contributed by atoms with Crippen LogP contribution in [-0.2, 0) is 38.9 Å². The summed E-state index contributed by atoms with van der Waals surface area (Å²) in [5.74, 6) is -0.199. The molecular formula is C7H7F3N3Y+2. The molecular weight excluding hydrogens is 272 g/mol. The van der Waals surface area contributed by atoms with Gasteiger partial charge in [-0.05, 0) is 11.9 Å². The summed E-state index contributed by atoms with van der Waals surface area (Å²) in [5.41, 5.74) is 6.34. The monoisotopic (exact) mass is 279 g/mol. The Morgan fingerprint density at radius 1 is 1.43 bits per heavy atom. The van der Waals surface area contributed by atoms with Gasteiger partial charge in [-0.1, -0.05) is 6.20 Å². The second-order valence-electron chi connectivity index (χ2n) is 2.37. The zero-order valence-electron chi connectivity index (χ0n) is 7.31. The second kappa shape index (κ2) is 4.93. The number of nitrogens with one attached hydrogen (secondary N) is 2. The van der Waals surface area contributed by atoms with E-state index in [0.717, 1.165) is 6.07 Å². The van der Waals surface area contributed by atoms with Crippen molar-refractivity contribution in [2.45, 2.75) is 6.18 Å². The quantitative estimate of drug-likeness (QED) is 0.859. The molecule has 0 amide bonds. The molecule has 1 rings (SSSR count). The Kier molecular flexibility index (Phi) is 4.81. The van der Waals surface area contributed by atoms with Gasteiger partial charge in [0.05, 0.1) is 5.56 Å². The van der Waals surface area contributed by atoms with Crippen LogP contribution in [0, 0.1) is 0 Å². The Morgan fingerprint density at radius 2 is 2.00 bits per heavy atom. The number of aromatic nitrogens is 1. The van der Waals surface area contributed by atoms with Crippen molar-refractivity contribution in [2.75, 3.05) is 12.4 Å². The van der Waals surface area contributed by atoms with Crippen LogP contribution in [0.5, 0.6) is 0 Å². The van der Waals surface area contributed by atoms with Crippen molar-refractivity contribution in [3.63, 3.8) is 0 Å². The van der Waals surface area contributed by atoms with Gasteiger partial charge in [-0.25, -0.2) is 0 Å². The molecule has 1 aromatic heterocycles. The first-order valence-corrected chi connectivity index (χ1v) is 3.41. The maximum Gasteiger partial charge on any atom is 3.00 e. The standard InChI is InChI=1S/C7H7F3N3.Y/c1-12-5-2-4(7(8,9)10)3-13-6(5)11;/h2-3,12H,1H3,(H-,11,13);/q-1;+3. The van der Waals surface area contributed by atoms with Crippen LogP contribution in [-0.4, -0.2) is 12.0 Å². The van der Waals surface area contributed by atoms with E-state index >= 15 is 0 Å². The Bertz CT molecular complexity index is 314. The first-order valence-electron chi connectivity index (χ1n) is 3.41. The van der Waals surface area contributed by atoms with E-state index in [9.17, 15) is 13.2 Å². The second-order valence-corrected chi connectivity index (χ2v) is 2.37. The summed E-state index contributed by atoms with van der Waals surface area (Å²) in [7, 11) is 1.44. The third kappa shape index (κ3) is 3.10. The summed E-state index contributed by atoms with van der Waals surface area (Å²) >= 11 is 0. The molecule has 0 atom stereocenters. The molecule has 0 aliphatic rings. The van der Waals surface area contributed by atoms with E-state index in [0.29, 0.717) is 6.20 Å². The van der Waals surface area contributed by atoms with Crippen LogP contribution in [0.1, 0.15) is 5.56 Å². The first-order chi connectivity index (χ1) is 5.95. The van der Waals surface area contributed by atoms with Crippen molar-refractivity contribution < 1.29 is 45.9 Å². The predicted octanol–water partition coefficient (Wildman–Crippen LogP) is 2.82. The fraction of sp³-hybridized carbons (Fsp3) is 0.286. The van der Waals surface area contributed by atoms with Crippen molar-refractivity contribution in [3.05, 3.63) is 23.6 Å². The van der Waals surface area contributed by atoms with Crippen LogP contribution < -0.4 is 5.32 Å². The average Bonchev–Trinajstić information content (AvgIpc) is 2.03. The molecule has 0 spiro atoms. The van der Waals surface area contributed by atoms with Crippen LogP contribution >= 0.6 is 0 Å². The zero-order chi connectivity index (χ0) is 10.1. The third-order valence-electron chi connectivity index (χ3n) is 1.48. The molecule has 14 heavy (non-hydrogen) atoms. The molecule has 0 aliphatic heterocycles. The predicted molar refractivity (Wildman–Crippen MR) is 42.8 cm³/mol. The number of anilines is 1. The van der Waals surface area contributed by atoms with Gasteiger partial charge in [0.1, 0.15) is 0 Å². The molecule has 0 fully saturated rings. The zero-order valence-corrected chi connectivity index (χ0v) is 10.2. The number of hydrogen-bond acceptors (Lipinski definition) is 2. The van der Waals surface area contributed by atoms with E-state index < -0.39 is 11.7 Å². The summed E-state index contributed by atoms with van der Waals surface area (Å²) in [5, 5.41) is 2.46. The molecule has 7 heteroatoms. The third-order valence-corrected chi connectivity index (χ3v) is 1.48. The first kappa shape index (κ1) is 13.6. The average molecular weight is 279 g/mol. The number of hydrogen-bond donors (Lipinski definition) is 1. The molecule has 0 unspecified atom stereocenters. The van der Waals surface area contributed by atoms with Crippen molar-refractivity contribution in [2.24, 2.45) is 0 Å². The Hall–Kier alpha value is -0.356. The molecule has 2 N–H and O–H groups in total. The molecule has 3 nitrogen and oxygen atoms in total. The molecule has 1 aromatic rings. The fourth-order valence-corrected chi connectivity index (χ4v) is 0.810. The van der Waals surface area contributed by atoms with Crippen molar-refractivity contribution >= 4 is 11.5 Å². The molecule has 0 bridgehead atoms. The van der Waals surface area contributed by atoms with Gasteiger partial charge >= 0.3 is 38.9 Å². The van der Waals surface area contributed by atoms with Crippen LogP contribution in [0.25, 0.3) is 5.73 Å². The van der Waals surface area contributed by atoms with Gasteiger partial charge in [-0.15, -0.1) is 0 Å². The van der Waals surface area contributed by atoms with Crippen molar-refractivity contribution in [1.82, 2.24) is 4.98 Å². The van der Waals surface area contributed by atoms with E-state index in [1.807, 2.05) is 0 Å².